The number of allylic oxidation sites excluding steroid dienone is 1. The number of rotatable bonds is 5. The van der Waals surface area contributed by atoms with Gasteiger partial charge in [-0.05, 0) is 31.0 Å². The molecule has 0 unspecified atom stereocenters. The van der Waals surface area contributed by atoms with E-state index in [0.717, 1.165) is 17.7 Å². The molecule has 3 aromatic rings. The number of oxime groups is 1. The Labute approximate surface area is 138 Å². The molecule has 0 spiro atoms. The Morgan fingerprint density at radius 3 is 2.78 bits per heavy atom. The van der Waals surface area contributed by atoms with Crippen LogP contribution < -0.4 is 0 Å². The molecular weight excluding hydrogens is 306 g/mol. The number of fused-ring (bicyclic) bond motifs is 3. The minimum atomic E-state index is -0.414. The first-order chi connectivity index (χ1) is 11.2. The molecule has 0 fully saturated rings. The van der Waals surface area contributed by atoms with Gasteiger partial charge in [-0.3, -0.25) is 0 Å². The third-order valence-corrected chi connectivity index (χ3v) is 4.73. The molecule has 0 saturated heterocycles. The second kappa shape index (κ2) is 6.75. The first-order valence-electron chi connectivity index (χ1n) is 7.46. The van der Waals surface area contributed by atoms with Gasteiger partial charge in [0.15, 0.2) is 0 Å². The predicted molar refractivity (Wildman–Crippen MR) is 97.1 cm³/mol. The predicted octanol–water partition coefficient (Wildman–Crippen LogP) is 5.29. The van der Waals surface area contributed by atoms with Crippen molar-refractivity contribution in [2.75, 3.05) is 0 Å². The number of benzene rings is 2. The Morgan fingerprint density at radius 2 is 2.00 bits per heavy atom. The molecule has 0 aliphatic heterocycles. The van der Waals surface area contributed by atoms with E-state index in [1.54, 1.807) is 11.3 Å². The SMILES string of the molecule is C=CCC/C(=N\OC(C)=O)c1ccc2sc3ccccc3c2c1. The maximum atomic E-state index is 11.1. The van der Waals surface area contributed by atoms with Gasteiger partial charge >= 0.3 is 5.97 Å². The fourth-order valence-corrected chi connectivity index (χ4v) is 3.59. The average molecular weight is 323 g/mol. The number of carbonyl (C=O) groups is 1. The van der Waals surface area contributed by atoms with Crippen LogP contribution in [0, 0.1) is 0 Å². The van der Waals surface area contributed by atoms with E-state index in [0.29, 0.717) is 6.42 Å². The summed E-state index contributed by atoms with van der Waals surface area (Å²) in [4.78, 5) is 15.9. The Bertz CT molecular complexity index is 908. The zero-order valence-electron chi connectivity index (χ0n) is 12.9. The largest absolute Gasteiger partial charge is 0.331 e. The van der Waals surface area contributed by atoms with Gasteiger partial charge in [0.1, 0.15) is 0 Å². The molecule has 0 radical (unpaired) electrons. The van der Waals surface area contributed by atoms with E-state index in [1.165, 1.54) is 27.1 Å². The molecule has 2 aromatic carbocycles. The van der Waals surface area contributed by atoms with Crippen molar-refractivity contribution < 1.29 is 9.63 Å². The Morgan fingerprint density at radius 1 is 1.22 bits per heavy atom. The van der Waals surface area contributed by atoms with E-state index in [9.17, 15) is 4.79 Å². The summed E-state index contributed by atoms with van der Waals surface area (Å²) in [5.41, 5.74) is 1.74. The van der Waals surface area contributed by atoms with Gasteiger partial charge in [0.2, 0.25) is 0 Å². The van der Waals surface area contributed by atoms with Crippen molar-refractivity contribution >= 4 is 43.2 Å². The molecule has 1 heterocycles. The van der Waals surface area contributed by atoms with Crippen LogP contribution in [0.4, 0.5) is 0 Å². The summed E-state index contributed by atoms with van der Waals surface area (Å²) in [5.74, 6) is -0.414. The van der Waals surface area contributed by atoms with Crippen LogP contribution in [-0.4, -0.2) is 11.7 Å². The molecule has 1 aromatic heterocycles. The number of hydrogen-bond donors (Lipinski definition) is 0. The van der Waals surface area contributed by atoms with Crippen LogP contribution in [0.2, 0.25) is 0 Å². The Hall–Kier alpha value is -2.46. The second-order valence-electron chi connectivity index (χ2n) is 5.26. The van der Waals surface area contributed by atoms with Crippen molar-refractivity contribution in [1.29, 1.82) is 0 Å². The minimum Gasteiger partial charge on any atom is -0.318 e. The van der Waals surface area contributed by atoms with Gasteiger partial charge in [-0.15, -0.1) is 17.9 Å². The summed E-state index contributed by atoms with van der Waals surface area (Å²) in [6.07, 6.45) is 3.30. The van der Waals surface area contributed by atoms with Crippen LogP contribution in [0.5, 0.6) is 0 Å². The lowest BCUT2D eigenvalue weighted by Crippen LogP contribution is -2.03. The van der Waals surface area contributed by atoms with Crippen molar-refractivity contribution in [3.63, 3.8) is 0 Å². The molecule has 0 saturated carbocycles. The van der Waals surface area contributed by atoms with Gasteiger partial charge < -0.3 is 4.84 Å². The molecule has 4 heteroatoms. The second-order valence-corrected chi connectivity index (χ2v) is 6.34. The van der Waals surface area contributed by atoms with Gasteiger partial charge in [-0.25, -0.2) is 4.79 Å². The summed E-state index contributed by atoms with van der Waals surface area (Å²) in [7, 11) is 0. The molecule has 3 nitrogen and oxygen atoms in total. The van der Waals surface area contributed by atoms with Gasteiger partial charge in [-0.2, -0.15) is 0 Å². The van der Waals surface area contributed by atoms with Crippen LogP contribution >= 0.6 is 11.3 Å². The zero-order chi connectivity index (χ0) is 16.2. The maximum Gasteiger partial charge on any atom is 0.331 e. The summed E-state index contributed by atoms with van der Waals surface area (Å²) in [5, 5.41) is 6.47. The van der Waals surface area contributed by atoms with E-state index in [2.05, 4.69) is 42.1 Å². The summed E-state index contributed by atoms with van der Waals surface area (Å²) in [6.45, 7) is 5.09. The molecule has 0 aliphatic carbocycles. The van der Waals surface area contributed by atoms with Crippen LogP contribution in [-0.2, 0) is 9.63 Å². The molecule has 0 aliphatic rings. The van der Waals surface area contributed by atoms with Crippen molar-refractivity contribution in [1.82, 2.24) is 0 Å². The highest BCUT2D eigenvalue weighted by atomic mass is 32.1. The van der Waals surface area contributed by atoms with E-state index in [4.69, 9.17) is 4.84 Å². The maximum absolute atomic E-state index is 11.1. The third-order valence-electron chi connectivity index (χ3n) is 3.58. The Balaban J connectivity index is 2.08. The smallest absolute Gasteiger partial charge is 0.318 e. The standard InChI is InChI=1S/C19H17NO2S/c1-3-4-8-17(20-22-13(2)21)14-10-11-19-16(12-14)15-7-5-6-9-18(15)23-19/h3,5-7,9-12H,1,4,8H2,2H3/b20-17+. The highest BCUT2D eigenvalue weighted by molar-refractivity contribution is 7.25. The molecule has 23 heavy (non-hydrogen) atoms. The summed E-state index contributed by atoms with van der Waals surface area (Å²) in [6, 6.07) is 14.6. The van der Waals surface area contributed by atoms with Gasteiger partial charge in [0.25, 0.3) is 0 Å². The van der Waals surface area contributed by atoms with E-state index in [-0.39, 0.29) is 0 Å². The summed E-state index contributed by atoms with van der Waals surface area (Å²) < 4.78 is 2.51. The van der Waals surface area contributed by atoms with Crippen LogP contribution in [0.15, 0.2) is 60.3 Å². The van der Waals surface area contributed by atoms with E-state index >= 15 is 0 Å². The van der Waals surface area contributed by atoms with Crippen molar-refractivity contribution in [2.24, 2.45) is 5.16 Å². The zero-order valence-corrected chi connectivity index (χ0v) is 13.7. The number of hydrogen-bond acceptors (Lipinski definition) is 4. The quantitative estimate of drug-likeness (QED) is 0.277. The van der Waals surface area contributed by atoms with Crippen LogP contribution in [0.25, 0.3) is 20.2 Å². The van der Waals surface area contributed by atoms with Gasteiger partial charge in [0.05, 0.1) is 5.71 Å². The monoisotopic (exact) mass is 323 g/mol. The molecule has 116 valence electrons. The third kappa shape index (κ3) is 3.32. The average Bonchev–Trinajstić information content (AvgIpc) is 2.92. The first kappa shape index (κ1) is 15.4. The van der Waals surface area contributed by atoms with Crippen molar-refractivity contribution in [3.8, 4) is 0 Å². The fourth-order valence-electron chi connectivity index (χ4n) is 2.51. The van der Waals surface area contributed by atoms with Crippen LogP contribution in [0.1, 0.15) is 25.3 Å². The molecule has 0 amide bonds. The first-order valence-corrected chi connectivity index (χ1v) is 8.27. The van der Waals surface area contributed by atoms with E-state index in [1.807, 2.05) is 18.2 Å². The lowest BCUT2D eigenvalue weighted by Gasteiger charge is -2.05. The molecule has 0 N–H and O–H groups in total. The molecule has 0 atom stereocenters. The number of nitrogens with zero attached hydrogens (tertiary/aromatic N) is 1. The summed E-state index contributed by atoms with van der Waals surface area (Å²) >= 11 is 1.78. The lowest BCUT2D eigenvalue weighted by atomic mass is 10.0. The number of carbonyl (C=O) groups excluding carboxylic acids is 1. The highest BCUT2D eigenvalue weighted by Crippen LogP contribution is 2.34. The molecular formula is C19H17NO2S. The highest BCUT2D eigenvalue weighted by Gasteiger charge is 2.10. The molecule has 3 rings (SSSR count). The van der Waals surface area contributed by atoms with Gasteiger partial charge in [-0.1, -0.05) is 35.5 Å². The lowest BCUT2D eigenvalue weighted by molar-refractivity contribution is -0.140. The van der Waals surface area contributed by atoms with Gasteiger partial charge in [0, 0.05) is 32.7 Å². The van der Waals surface area contributed by atoms with Crippen LogP contribution in [0.3, 0.4) is 0 Å². The topological polar surface area (TPSA) is 38.7 Å². The normalized spacial score (nSPS) is 11.8. The van der Waals surface area contributed by atoms with Crippen molar-refractivity contribution in [2.45, 2.75) is 19.8 Å². The minimum absolute atomic E-state index is 0.414. The van der Waals surface area contributed by atoms with Crippen molar-refractivity contribution in [3.05, 3.63) is 60.7 Å². The van der Waals surface area contributed by atoms with E-state index < -0.39 is 5.97 Å². The fraction of sp³-hybridized carbons (Fsp3) is 0.158. The number of thiophene rings is 1. The Kier molecular flexibility index (Phi) is 4.53. The molecule has 0 bridgehead atoms.